The zero-order valence-corrected chi connectivity index (χ0v) is 8.28. The van der Waals surface area contributed by atoms with Crippen molar-refractivity contribution < 1.29 is 9.52 Å². The standard InChI is InChI=1S/C11H17NO2/c13-6-5-11(9-3-4-9)12-8-10-2-1-7-14-10/h1-2,7,9,11-13H,3-6,8H2. The topological polar surface area (TPSA) is 45.4 Å². The van der Waals surface area contributed by atoms with Gasteiger partial charge < -0.3 is 14.8 Å². The maximum atomic E-state index is 8.91. The predicted molar refractivity (Wildman–Crippen MR) is 53.8 cm³/mol. The molecule has 78 valence electrons. The van der Waals surface area contributed by atoms with E-state index in [-0.39, 0.29) is 6.61 Å². The zero-order chi connectivity index (χ0) is 9.80. The minimum absolute atomic E-state index is 0.270. The van der Waals surface area contributed by atoms with Gasteiger partial charge in [-0.15, -0.1) is 0 Å². The van der Waals surface area contributed by atoms with Gasteiger partial charge >= 0.3 is 0 Å². The molecule has 0 bridgehead atoms. The van der Waals surface area contributed by atoms with Gasteiger partial charge in [0.15, 0.2) is 0 Å². The lowest BCUT2D eigenvalue weighted by Gasteiger charge is -2.15. The molecule has 1 aliphatic rings. The van der Waals surface area contributed by atoms with Crippen molar-refractivity contribution in [1.29, 1.82) is 0 Å². The maximum Gasteiger partial charge on any atom is 0.117 e. The fraction of sp³-hybridized carbons (Fsp3) is 0.636. The highest BCUT2D eigenvalue weighted by atomic mass is 16.3. The molecule has 14 heavy (non-hydrogen) atoms. The van der Waals surface area contributed by atoms with Crippen LogP contribution in [0.15, 0.2) is 22.8 Å². The van der Waals surface area contributed by atoms with Gasteiger partial charge in [0.25, 0.3) is 0 Å². The molecule has 0 radical (unpaired) electrons. The van der Waals surface area contributed by atoms with E-state index in [0.29, 0.717) is 6.04 Å². The second-order valence-electron chi connectivity index (χ2n) is 3.92. The molecule has 3 nitrogen and oxygen atoms in total. The van der Waals surface area contributed by atoms with Crippen molar-refractivity contribution in [2.45, 2.75) is 31.8 Å². The summed E-state index contributed by atoms with van der Waals surface area (Å²) in [4.78, 5) is 0. The molecule has 2 rings (SSSR count). The zero-order valence-electron chi connectivity index (χ0n) is 8.28. The van der Waals surface area contributed by atoms with Gasteiger partial charge in [0.2, 0.25) is 0 Å². The molecule has 0 spiro atoms. The Morgan fingerprint density at radius 2 is 2.43 bits per heavy atom. The summed E-state index contributed by atoms with van der Waals surface area (Å²) in [6, 6.07) is 4.33. The summed E-state index contributed by atoms with van der Waals surface area (Å²) < 4.78 is 5.24. The molecule has 1 aromatic heterocycles. The first-order valence-electron chi connectivity index (χ1n) is 5.27. The largest absolute Gasteiger partial charge is 0.468 e. The van der Waals surface area contributed by atoms with E-state index >= 15 is 0 Å². The molecule has 0 amide bonds. The van der Waals surface area contributed by atoms with Gasteiger partial charge in [-0.2, -0.15) is 0 Å². The average molecular weight is 195 g/mol. The second kappa shape index (κ2) is 4.62. The Morgan fingerprint density at radius 1 is 1.57 bits per heavy atom. The molecule has 1 unspecified atom stereocenters. The second-order valence-corrected chi connectivity index (χ2v) is 3.92. The van der Waals surface area contributed by atoms with Gasteiger partial charge in [0.05, 0.1) is 12.8 Å². The van der Waals surface area contributed by atoms with Crippen LogP contribution in [0.3, 0.4) is 0 Å². The van der Waals surface area contributed by atoms with E-state index in [1.165, 1.54) is 12.8 Å². The lowest BCUT2D eigenvalue weighted by atomic mass is 10.1. The highest BCUT2D eigenvalue weighted by Gasteiger charge is 2.30. The molecule has 0 aromatic carbocycles. The van der Waals surface area contributed by atoms with Gasteiger partial charge in [0, 0.05) is 12.6 Å². The van der Waals surface area contributed by atoms with Crippen LogP contribution >= 0.6 is 0 Å². The number of furan rings is 1. The van der Waals surface area contributed by atoms with Crippen molar-refractivity contribution in [1.82, 2.24) is 5.32 Å². The summed E-state index contributed by atoms with van der Waals surface area (Å²) >= 11 is 0. The molecule has 1 aliphatic carbocycles. The fourth-order valence-electron chi connectivity index (χ4n) is 1.79. The van der Waals surface area contributed by atoms with Crippen LogP contribution in [0.1, 0.15) is 25.0 Å². The van der Waals surface area contributed by atoms with Crippen molar-refractivity contribution in [3.63, 3.8) is 0 Å². The Balaban J connectivity index is 1.76. The predicted octanol–water partition coefficient (Wildman–Crippen LogP) is 1.53. The van der Waals surface area contributed by atoms with Gasteiger partial charge in [-0.05, 0) is 37.3 Å². The molecule has 0 saturated heterocycles. The minimum atomic E-state index is 0.270. The summed E-state index contributed by atoms with van der Waals surface area (Å²) in [7, 11) is 0. The van der Waals surface area contributed by atoms with E-state index in [2.05, 4.69) is 5.32 Å². The van der Waals surface area contributed by atoms with E-state index in [1.807, 2.05) is 12.1 Å². The fourth-order valence-corrected chi connectivity index (χ4v) is 1.79. The SMILES string of the molecule is OCCC(NCc1ccco1)C1CC1. The van der Waals surface area contributed by atoms with Crippen LogP contribution in [0.5, 0.6) is 0 Å². The molecule has 3 heteroatoms. The highest BCUT2D eigenvalue weighted by Crippen LogP contribution is 2.34. The third kappa shape index (κ3) is 2.59. The number of nitrogens with one attached hydrogen (secondary N) is 1. The van der Waals surface area contributed by atoms with Gasteiger partial charge in [-0.25, -0.2) is 0 Å². The first kappa shape index (κ1) is 9.74. The lowest BCUT2D eigenvalue weighted by Crippen LogP contribution is -2.31. The minimum Gasteiger partial charge on any atom is -0.468 e. The Hall–Kier alpha value is -0.800. The maximum absolute atomic E-state index is 8.91. The molecular formula is C11H17NO2. The third-order valence-electron chi connectivity index (χ3n) is 2.75. The van der Waals surface area contributed by atoms with Crippen LogP contribution in [-0.2, 0) is 6.54 Å². The number of aliphatic hydroxyl groups excluding tert-OH is 1. The van der Waals surface area contributed by atoms with E-state index in [4.69, 9.17) is 9.52 Å². The van der Waals surface area contributed by atoms with Crippen molar-refractivity contribution in [2.24, 2.45) is 5.92 Å². The van der Waals surface area contributed by atoms with Gasteiger partial charge in [-0.3, -0.25) is 0 Å². The van der Waals surface area contributed by atoms with Crippen molar-refractivity contribution in [2.75, 3.05) is 6.61 Å². The molecule has 1 atom stereocenters. The van der Waals surface area contributed by atoms with Crippen LogP contribution in [0.25, 0.3) is 0 Å². The van der Waals surface area contributed by atoms with Crippen molar-refractivity contribution in [3.8, 4) is 0 Å². The van der Waals surface area contributed by atoms with E-state index in [9.17, 15) is 0 Å². The van der Waals surface area contributed by atoms with E-state index in [1.54, 1.807) is 6.26 Å². The molecule has 0 aliphatic heterocycles. The molecule has 1 saturated carbocycles. The van der Waals surface area contributed by atoms with Crippen LogP contribution in [0.2, 0.25) is 0 Å². The Kier molecular flexibility index (Phi) is 3.22. The Morgan fingerprint density at radius 3 is 3.00 bits per heavy atom. The normalized spacial score (nSPS) is 18.4. The molecule has 1 fully saturated rings. The summed E-state index contributed by atoms with van der Waals surface area (Å²) in [5.74, 6) is 1.74. The van der Waals surface area contributed by atoms with Gasteiger partial charge in [-0.1, -0.05) is 0 Å². The molecular weight excluding hydrogens is 178 g/mol. The van der Waals surface area contributed by atoms with Gasteiger partial charge in [0.1, 0.15) is 5.76 Å². The van der Waals surface area contributed by atoms with Crippen LogP contribution in [0.4, 0.5) is 0 Å². The van der Waals surface area contributed by atoms with Crippen LogP contribution in [0, 0.1) is 5.92 Å². The summed E-state index contributed by atoms with van der Waals surface area (Å²) in [5, 5.41) is 12.3. The number of hydrogen-bond donors (Lipinski definition) is 2. The van der Waals surface area contributed by atoms with Crippen molar-refractivity contribution >= 4 is 0 Å². The third-order valence-corrected chi connectivity index (χ3v) is 2.75. The monoisotopic (exact) mass is 195 g/mol. The number of aliphatic hydroxyl groups is 1. The smallest absolute Gasteiger partial charge is 0.117 e. The molecule has 1 heterocycles. The summed E-state index contributed by atoms with van der Waals surface area (Å²) in [6.07, 6.45) is 5.15. The quantitative estimate of drug-likeness (QED) is 0.723. The average Bonchev–Trinajstić information content (AvgIpc) is 2.90. The van der Waals surface area contributed by atoms with Crippen LogP contribution in [-0.4, -0.2) is 17.8 Å². The summed E-state index contributed by atoms with van der Waals surface area (Å²) in [5.41, 5.74) is 0. The highest BCUT2D eigenvalue weighted by molar-refractivity contribution is 4.98. The first-order valence-corrected chi connectivity index (χ1v) is 5.27. The summed E-state index contributed by atoms with van der Waals surface area (Å²) in [6.45, 7) is 1.04. The lowest BCUT2D eigenvalue weighted by molar-refractivity contribution is 0.253. The van der Waals surface area contributed by atoms with E-state index < -0.39 is 0 Å². The van der Waals surface area contributed by atoms with E-state index in [0.717, 1.165) is 24.6 Å². The van der Waals surface area contributed by atoms with Crippen molar-refractivity contribution in [3.05, 3.63) is 24.2 Å². The number of rotatable bonds is 6. The van der Waals surface area contributed by atoms with Crippen LogP contribution < -0.4 is 5.32 Å². The Bertz CT molecular complexity index is 254. The molecule has 2 N–H and O–H groups in total. The number of hydrogen-bond acceptors (Lipinski definition) is 3. The Labute approximate surface area is 84.1 Å². The molecule has 1 aromatic rings. The first-order chi connectivity index (χ1) is 6.90.